The summed E-state index contributed by atoms with van der Waals surface area (Å²) in [5, 5.41) is 12.7. The van der Waals surface area contributed by atoms with E-state index >= 15 is 0 Å². The minimum atomic E-state index is -0.0442. The number of aliphatic hydroxyl groups excluding tert-OH is 1. The molecule has 19 heavy (non-hydrogen) atoms. The summed E-state index contributed by atoms with van der Waals surface area (Å²) < 4.78 is 0. The molecule has 0 aliphatic carbocycles. The quantitative estimate of drug-likeness (QED) is 0.510. The number of aryl methyl sites for hydroxylation is 1. The third kappa shape index (κ3) is 2.86. The largest absolute Gasteiger partial charge is 0.392 e. The third-order valence-electron chi connectivity index (χ3n) is 3.36. The zero-order valence-corrected chi connectivity index (χ0v) is 10.8. The SMILES string of the molecule is Cc1ccc(CO)cc1N1CC(CN=[N+]=[N-])CC1=O. The molecule has 0 radical (unpaired) electrons. The molecule has 6 heteroatoms. The lowest BCUT2D eigenvalue weighted by molar-refractivity contribution is -0.117. The first-order chi connectivity index (χ1) is 9.15. The lowest BCUT2D eigenvalue weighted by Crippen LogP contribution is -2.25. The molecule has 0 saturated carbocycles. The molecule has 1 fully saturated rings. The van der Waals surface area contributed by atoms with Crippen molar-refractivity contribution in [2.24, 2.45) is 11.0 Å². The van der Waals surface area contributed by atoms with Crippen LogP contribution in [0.15, 0.2) is 23.3 Å². The van der Waals surface area contributed by atoms with Crippen LogP contribution in [-0.2, 0) is 11.4 Å². The van der Waals surface area contributed by atoms with Crippen molar-refractivity contribution in [1.29, 1.82) is 0 Å². The van der Waals surface area contributed by atoms with Crippen molar-refractivity contribution in [2.75, 3.05) is 18.0 Å². The first-order valence-corrected chi connectivity index (χ1v) is 6.17. The number of carbonyl (C=O) groups is 1. The molecule has 1 unspecified atom stereocenters. The van der Waals surface area contributed by atoms with Gasteiger partial charge in [0, 0.05) is 30.1 Å². The van der Waals surface area contributed by atoms with Crippen LogP contribution in [0.25, 0.3) is 10.4 Å². The van der Waals surface area contributed by atoms with Crippen molar-refractivity contribution < 1.29 is 9.90 Å². The van der Waals surface area contributed by atoms with Gasteiger partial charge in [0.15, 0.2) is 0 Å². The summed E-state index contributed by atoms with van der Waals surface area (Å²) >= 11 is 0. The molecule has 1 aromatic rings. The number of carbonyl (C=O) groups excluding carboxylic acids is 1. The van der Waals surface area contributed by atoms with Gasteiger partial charge in [-0.15, -0.1) is 0 Å². The van der Waals surface area contributed by atoms with Gasteiger partial charge in [-0.2, -0.15) is 0 Å². The number of aliphatic hydroxyl groups is 1. The van der Waals surface area contributed by atoms with E-state index in [4.69, 9.17) is 5.53 Å². The van der Waals surface area contributed by atoms with Gasteiger partial charge in [-0.1, -0.05) is 17.2 Å². The fourth-order valence-corrected chi connectivity index (χ4v) is 2.33. The van der Waals surface area contributed by atoms with Gasteiger partial charge in [-0.3, -0.25) is 4.79 Å². The molecule has 0 spiro atoms. The molecule has 2 rings (SSSR count). The Balaban J connectivity index is 2.22. The van der Waals surface area contributed by atoms with E-state index in [1.807, 2.05) is 25.1 Å². The van der Waals surface area contributed by atoms with E-state index in [0.29, 0.717) is 19.5 Å². The van der Waals surface area contributed by atoms with Crippen molar-refractivity contribution in [2.45, 2.75) is 20.0 Å². The van der Waals surface area contributed by atoms with Crippen LogP contribution in [0.4, 0.5) is 5.69 Å². The summed E-state index contributed by atoms with van der Waals surface area (Å²) in [6, 6.07) is 5.58. The summed E-state index contributed by atoms with van der Waals surface area (Å²) in [5.74, 6) is 0.108. The van der Waals surface area contributed by atoms with Gasteiger partial charge in [0.05, 0.1) is 6.61 Å². The Bertz CT molecular complexity index is 537. The maximum atomic E-state index is 12.0. The van der Waals surface area contributed by atoms with Crippen molar-refractivity contribution in [3.05, 3.63) is 39.8 Å². The van der Waals surface area contributed by atoms with Gasteiger partial charge in [0.1, 0.15) is 0 Å². The van der Waals surface area contributed by atoms with E-state index in [9.17, 15) is 9.90 Å². The predicted molar refractivity (Wildman–Crippen MR) is 71.6 cm³/mol. The van der Waals surface area contributed by atoms with Gasteiger partial charge >= 0.3 is 0 Å². The number of amides is 1. The van der Waals surface area contributed by atoms with Crippen LogP contribution in [0.3, 0.4) is 0 Å². The van der Waals surface area contributed by atoms with E-state index in [1.165, 1.54) is 0 Å². The molecule has 1 atom stereocenters. The maximum absolute atomic E-state index is 12.0. The van der Waals surface area contributed by atoms with Crippen molar-refractivity contribution >= 4 is 11.6 Å². The predicted octanol–water partition coefficient (Wildman–Crippen LogP) is 2.15. The zero-order valence-electron chi connectivity index (χ0n) is 10.8. The first-order valence-electron chi connectivity index (χ1n) is 6.17. The van der Waals surface area contributed by atoms with Crippen LogP contribution >= 0.6 is 0 Å². The first kappa shape index (κ1) is 13.4. The van der Waals surface area contributed by atoms with Crippen LogP contribution < -0.4 is 4.90 Å². The van der Waals surface area contributed by atoms with E-state index < -0.39 is 0 Å². The lowest BCUT2D eigenvalue weighted by atomic mass is 10.1. The second-order valence-electron chi connectivity index (χ2n) is 4.77. The Morgan fingerprint density at radius 2 is 2.37 bits per heavy atom. The maximum Gasteiger partial charge on any atom is 0.227 e. The summed E-state index contributed by atoms with van der Waals surface area (Å²) in [6.45, 7) is 2.80. The molecule has 1 heterocycles. The number of nitrogens with zero attached hydrogens (tertiary/aromatic N) is 4. The third-order valence-corrected chi connectivity index (χ3v) is 3.36. The lowest BCUT2D eigenvalue weighted by Gasteiger charge is -2.19. The van der Waals surface area contributed by atoms with Crippen molar-refractivity contribution in [3.63, 3.8) is 0 Å². The number of rotatable bonds is 4. The Labute approximate surface area is 111 Å². The van der Waals surface area contributed by atoms with Crippen LogP contribution in [-0.4, -0.2) is 24.1 Å². The Kier molecular flexibility index (Phi) is 4.04. The fourth-order valence-electron chi connectivity index (χ4n) is 2.33. The second-order valence-corrected chi connectivity index (χ2v) is 4.77. The van der Waals surface area contributed by atoms with E-state index in [1.54, 1.807) is 4.90 Å². The monoisotopic (exact) mass is 260 g/mol. The van der Waals surface area contributed by atoms with Crippen LogP contribution in [0, 0.1) is 12.8 Å². The van der Waals surface area contributed by atoms with Crippen LogP contribution in [0.2, 0.25) is 0 Å². The van der Waals surface area contributed by atoms with E-state index in [0.717, 1.165) is 16.8 Å². The summed E-state index contributed by atoms with van der Waals surface area (Å²) in [7, 11) is 0. The highest BCUT2D eigenvalue weighted by Gasteiger charge is 2.30. The number of anilines is 1. The molecule has 1 aliphatic heterocycles. The minimum absolute atomic E-state index is 0.0383. The highest BCUT2D eigenvalue weighted by atomic mass is 16.3. The number of azide groups is 1. The minimum Gasteiger partial charge on any atom is -0.392 e. The van der Waals surface area contributed by atoms with Crippen molar-refractivity contribution in [1.82, 2.24) is 0 Å². The number of hydrogen-bond donors (Lipinski definition) is 1. The Morgan fingerprint density at radius 1 is 1.58 bits per heavy atom. The fraction of sp³-hybridized carbons (Fsp3) is 0.462. The molecular weight excluding hydrogens is 244 g/mol. The van der Waals surface area contributed by atoms with Gasteiger partial charge in [0.2, 0.25) is 5.91 Å². The topological polar surface area (TPSA) is 89.3 Å². The summed E-state index contributed by atoms with van der Waals surface area (Å²) in [5.41, 5.74) is 10.9. The average molecular weight is 260 g/mol. The molecule has 1 N–H and O–H groups in total. The highest BCUT2D eigenvalue weighted by molar-refractivity contribution is 5.96. The summed E-state index contributed by atoms with van der Waals surface area (Å²) in [4.78, 5) is 16.5. The van der Waals surface area contributed by atoms with Crippen LogP contribution in [0.1, 0.15) is 17.5 Å². The van der Waals surface area contributed by atoms with Gasteiger partial charge in [-0.25, -0.2) is 0 Å². The van der Waals surface area contributed by atoms with Gasteiger partial charge in [-0.05, 0) is 35.6 Å². The molecule has 6 nitrogen and oxygen atoms in total. The molecular formula is C13H16N4O2. The van der Waals surface area contributed by atoms with Gasteiger partial charge in [0.25, 0.3) is 0 Å². The standard InChI is InChI=1S/C13H16N4O2/c1-9-2-3-10(8-18)4-12(9)17-7-11(5-13(17)19)6-15-16-14/h2-4,11,18H,5-8H2,1H3. The Hall–Kier alpha value is -2.04. The molecule has 1 amide bonds. The van der Waals surface area contributed by atoms with Gasteiger partial charge < -0.3 is 10.0 Å². The zero-order chi connectivity index (χ0) is 13.8. The molecule has 1 aromatic carbocycles. The van der Waals surface area contributed by atoms with E-state index in [2.05, 4.69) is 10.0 Å². The molecule has 1 aliphatic rings. The Morgan fingerprint density at radius 3 is 3.05 bits per heavy atom. The number of hydrogen-bond acceptors (Lipinski definition) is 3. The van der Waals surface area contributed by atoms with Crippen LogP contribution in [0.5, 0.6) is 0 Å². The molecule has 100 valence electrons. The summed E-state index contributed by atoms with van der Waals surface area (Å²) in [6.07, 6.45) is 0.405. The molecule has 0 bridgehead atoms. The second kappa shape index (κ2) is 5.73. The van der Waals surface area contributed by atoms with Crippen molar-refractivity contribution in [3.8, 4) is 0 Å². The smallest absolute Gasteiger partial charge is 0.227 e. The normalized spacial score (nSPS) is 18.5. The van der Waals surface area contributed by atoms with E-state index in [-0.39, 0.29) is 18.4 Å². The average Bonchev–Trinajstić information content (AvgIpc) is 2.78. The molecule has 1 saturated heterocycles. The molecule has 0 aromatic heterocycles. The highest BCUT2D eigenvalue weighted by Crippen LogP contribution is 2.29. The number of benzene rings is 1.